The van der Waals surface area contributed by atoms with Gasteiger partial charge >= 0.3 is 0 Å². The molecular weight excluding hydrogens is 350 g/mol. The number of aromatic nitrogens is 1. The lowest BCUT2D eigenvalue weighted by atomic mass is 10.1. The normalized spacial score (nSPS) is 10.8. The minimum atomic E-state index is 0.397. The molecule has 3 aromatic rings. The Morgan fingerprint density at radius 1 is 1.14 bits per heavy atom. The molecule has 0 spiro atoms. The first-order chi connectivity index (χ1) is 10.1. The maximum Gasteiger partial charge on any atom is 0.136 e. The molecule has 1 aromatic heterocycles. The number of para-hydroxylation sites is 1. The highest BCUT2D eigenvalue weighted by Crippen LogP contribution is 2.26. The second-order valence-corrected chi connectivity index (χ2v) is 6.10. The van der Waals surface area contributed by atoms with Gasteiger partial charge in [0.1, 0.15) is 17.5 Å². The van der Waals surface area contributed by atoms with Crippen molar-refractivity contribution in [3.05, 3.63) is 69.3 Å². The minimum Gasteiger partial charge on any atom is -0.488 e. The highest BCUT2D eigenvalue weighted by atomic mass is 79.9. The molecule has 0 atom stereocenters. The molecule has 106 valence electrons. The summed E-state index contributed by atoms with van der Waals surface area (Å²) in [4.78, 5) is 4.40. The standard InChI is InChI=1S/C17H13BrClNO/c1-11-6-7-14(18)9-16(11)21-10-13-8-12-4-2-3-5-15(12)20-17(13)19/h2-9H,10H2,1H3. The number of nitrogens with zero attached hydrogens (tertiary/aromatic N) is 1. The number of hydrogen-bond acceptors (Lipinski definition) is 2. The van der Waals surface area contributed by atoms with E-state index in [0.717, 1.165) is 32.3 Å². The van der Waals surface area contributed by atoms with Gasteiger partial charge in [0.25, 0.3) is 0 Å². The maximum atomic E-state index is 6.24. The Labute approximate surface area is 136 Å². The van der Waals surface area contributed by atoms with E-state index >= 15 is 0 Å². The summed E-state index contributed by atoms with van der Waals surface area (Å²) in [5.41, 5.74) is 2.86. The topological polar surface area (TPSA) is 22.1 Å². The van der Waals surface area contributed by atoms with E-state index in [1.54, 1.807) is 0 Å². The number of aryl methyl sites for hydroxylation is 1. The average molecular weight is 363 g/mol. The summed E-state index contributed by atoms with van der Waals surface area (Å²) >= 11 is 9.69. The van der Waals surface area contributed by atoms with Crippen LogP contribution < -0.4 is 4.74 Å². The van der Waals surface area contributed by atoms with Crippen molar-refractivity contribution in [1.82, 2.24) is 4.98 Å². The fraction of sp³-hybridized carbons (Fsp3) is 0.118. The van der Waals surface area contributed by atoms with Crippen LogP contribution in [0.25, 0.3) is 10.9 Å². The van der Waals surface area contributed by atoms with Crippen molar-refractivity contribution in [2.45, 2.75) is 13.5 Å². The Kier molecular flexibility index (Phi) is 4.13. The predicted octanol–water partition coefficient (Wildman–Crippen LogP) is 5.54. The number of fused-ring (bicyclic) bond motifs is 1. The highest BCUT2D eigenvalue weighted by Gasteiger charge is 2.07. The molecule has 0 unspecified atom stereocenters. The quantitative estimate of drug-likeness (QED) is 0.571. The van der Waals surface area contributed by atoms with Gasteiger partial charge in [-0.15, -0.1) is 0 Å². The second kappa shape index (κ2) is 6.04. The number of benzene rings is 2. The lowest BCUT2D eigenvalue weighted by Crippen LogP contribution is -1.99. The molecule has 0 saturated heterocycles. The van der Waals surface area contributed by atoms with Crippen LogP contribution in [-0.4, -0.2) is 4.98 Å². The largest absolute Gasteiger partial charge is 0.488 e. The van der Waals surface area contributed by atoms with Crippen LogP contribution >= 0.6 is 27.5 Å². The van der Waals surface area contributed by atoms with Gasteiger partial charge in [0.2, 0.25) is 0 Å². The minimum absolute atomic E-state index is 0.397. The monoisotopic (exact) mass is 361 g/mol. The number of pyridine rings is 1. The van der Waals surface area contributed by atoms with Gasteiger partial charge < -0.3 is 4.74 Å². The second-order valence-electron chi connectivity index (χ2n) is 4.83. The molecule has 3 rings (SSSR count). The molecule has 4 heteroatoms. The van der Waals surface area contributed by atoms with Crippen molar-refractivity contribution < 1.29 is 4.74 Å². The van der Waals surface area contributed by atoms with Crippen molar-refractivity contribution >= 4 is 38.4 Å². The molecule has 2 aromatic carbocycles. The molecule has 2 nitrogen and oxygen atoms in total. The molecular formula is C17H13BrClNO. The molecule has 0 aliphatic carbocycles. The van der Waals surface area contributed by atoms with Crippen molar-refractivity contribution in [3.8, 4) is 5.75 Å². The number of hydrogen-bond donors (Lipinski definition) is 0. The van der Waals surface area contributed by atoms with E-state index in [1.807, 2.05) is 55.5 Å². The Bertz CT molecular complexity index is 804. The molecule has 0 bridgehead atoms. The Morgan fingerprint density at radius 2 is 1.95 bits per heavy atom. The van der Waals surface area contributed by atoms with Crippen LogP contribution in [0.4, 0.5) is 0 Å². The van der Waals surface area contributed by atoms with Crippen LogP contribution in [0.3, 0.4) is 0 Å². The fourth-order valence-corrected chi connectivity index (χ4v) is 2.66. The molecule has 0 fully saturated rings. The van der Waals surface area contributed by atoms with E-state index in [2.05, 4.69) is 20.9 Å². The third kappa shape index (κ3) is 3.20. The molecule has 0 amide bonds. The van der Waals surface area contributed by atoms with Gasteiger partial charge in [-0.05, 0) is 36.8 Å². The number of halogens is 2. The summed E-state index contributed by atoms with van der Waals surface area (Å²) < 4.78 is 6.87. The highest BCUT2D eigenvalue weighted by molar-refractivity contribution is 9.10. The summed E-state index contributed by atoms with van der Waals surface area (Å²) in [6, 6.07) is 15.9. The summed E-state index contributed by atoms with van der Waals surface area (Å²) in [5.74, 6) is 0.841. The van der Waals surface area contributed by atoms with Gasteiger partial charge in [-0.1, -0.05) is 51.8 Å². The van der Waals surface area contributed by atoms with Crippen molar-refractivity contribution in [2.24, 2.45) is 0 Å². The van der Waals surface area contributed by atoms with Crippen molar-refractivity contribution in [3.63, 3.8) is 0 Å². The van der Waals surface area contributed by atoms with E-state index in [0.29, 0.717) is 11.8 Å². The summed E-state index contributed by atoms with van der Waals surface area (Å²) in [5, 5.41) is 1.55. The molecule has 0 saturated carbocycles. The van der Waals surface area contributed by atoms with Gasteiger partial charge in [0.15, 0.2) is 0 Å². The van der Waals surface area contributed by atoms with Gasteiger partial charge in [-0.2, -0.15) is 0 Å². The Balaban J connectivity index is 1.88. The number of rotatable bonds is 3. The Hall–Kier alpha value is -1.58. The van der Waals surface area contributed by atoms with Gasteiger partial charge in [0, 0.05) is 15.4 Å². The first-order valence-electron chi connectivity index (χ1n) is 6.56. The third-order valence-corrected chi connectivity index (χ3v) is 4.10. The van der Waals surface area contributed by atoms with Crippen LogP contribution in [0.15, 0.2) is 53.0 Å². The molecule has 1 heterocycles. The molecule has 0 aliphatic heterocycles. The van der Waals surface area contributed by atoms with E-state index in [4.69, 9.17) is 16.3 Å². The fourth-order valence-electron chi connectivity index (χ4n) is 2.12. The summed E-state index contributed by atoms with van der Waals surface area (Å²) in [6.45, 7) is 2.41. The van der Waals surface area contributed by atoms with Crippen LogP contribution in [0.1, 0.15) is 11.1 Å². The van der Waals surface area contributed by atoms with Crippen molar-refractivity contribution in [2.75, 3.05) is 0 Å². The molecule has 0 radical (unpaired) electrons. The summed E-state index contributed by atoms with van der Waals surface area (Å²) in [7, 11) is 0. The lowest BCUT2D eigenvalue weighted by molar-refractivity contribution is 0.304. The average Bonchev–Trinajstić information content (AvgIpc) is 2.48. The Morgan fingerprint density at radius 3 is 2.81 bits per heavy atom. The van der Waals surface area contributed by atoms with Gasteiger partial charge in [-0.25, -0.2) is 4.98 Å². The van der Waals surface area contributed by atoms with Gasteiger partial charge in [-0.3, -0.25) is 0 Å². The van der Waals surface area contributed by atoms with E-state index < -0.39 is 0 Å². The zero-order valence-electron chi connectivity index (χ0n) is 11.4. The smallest absolute Gasteiger partial charge is 0.136 e. The molecule has 21 heavy (non-hydrogen) atoms. The van der Waals surface area contributed by atoms with E-state index in [9.17, 15) is 0 Å². The van der Waals surface area contributed by atoms with Gasteiger partial charge in [0.05, 0.1) is 5.52 Å². The lowest BCUT2D eigenvalue weighted by Gasteiger charge is -2.11. The van der Waals surface area contributed by atoms with Crippen LogP contribution in [-0.2, 0) is 6.61 Å². The van der Waals surface area contributed by atoms with Crippen LogP contribution in [0.5, 0.6) is 5.75 Å². The molecule has 0 aliphatic rings. The third-order valence-electron chi connectivity index (χ3n) is 3.28. The van der Waals surface area contributed by atoms with Crippen LogP contribution in [0.2, 0.25) is 5.15 Å². The van der Waals surface area contributed by atoms with Crippen LogP contribution in [0, 0.1) is 6.92 Å². The van der Waals surface area contributed by atoms with E-state index in [-0.39, 0.29) is 0 Å². The summed E-state index contributed by atoms with van der Waals surface area (Å²) in [6.07, 6.45) is 0. The predicted molar refractivity (Wildman–Crippen MR) is 90.0 cm³/mol. The van der Waals surface area contributed by atoms with E-state index in [1.165, 1.54) is 0 Å². The SMILES string of the molecule is Cc1ccc(Br)cc1OCc1cc2ccccc2nc1Cl. The first kappa shape index (κ1) is 14.4. The number of ether oxygens (including phenoxy) is 1. The zero-order valence-corrected chi connectivity index (χ0v) is 13.8. The molecule has 0 N–H and O–H groups in total. The first-order valence-corrected chi connectivity index (χ1v) is 7.74. The maximum absolute atomic E-state index is 6.24. The zero-order chi connectivity index (χ0) is 14.8. The van der Waals surface area contributed by atoms with Crippen molar-refractivity contribution in [1.29, 1.82) is 0 Å².